The summed E-state index contributed by atoms with van der Waals surface area (Å²) in [5, 5.41) is 9.54. The largest absolute Gasteiger partial charge is 0.497 e. The maximum Gasteiger partial charge on any atom is 0.278 e. The van der Waals surface area contributed by atoms with Gasteiger partial charge < -0.3 is 15.8 Å². The van der Waals surface area contributed by atoms with Crippen molar-refractivity contribution >= 4 is 28.9 Å². The Morgan fingerprint density at radius 3 is 2.84 bits per heavy atom. The van der Waals surface area contributed by atoms with Gasteiger partial charge in [-0.05, 0) is 19.1 Å². The number of nitrogens with one attached hydrogen (secondary N) is 2. The molecule has 1 amide bonds. The quantitative estimate of drug-likeness (QED) is 0.803. The minimum Gasteiger partial charge on any atom is -0.497 e. The maximum absolute atomic E-state index is 12.0. The van der Waals surface area contributed by atoms with Crippen LogP contribution in [-0.2, 0) is 0 Å². The highest BCUT2D eigenvalue weighted by atomic mass is 35.5. The molecule has 1 heterocycles. The highest BCUT2D eigenvalue weighted by Crippen LogP contribution is 2.27. The van der Waals surface area contributed by atoms with Crippen molar-refractivity contribution in [1.82, 2.24) is 10.2 Å². The lowest BCUT2D eigenvalue weighted by Gasteiger charge is -2.08. The van der Waals surface area contributed by atoms with E-state index < -0.39 is 5.91 Å². The van der Waals surface area contributed by atoms with Crippen LogP contribution in [0.2, 0.25) is 5.02 Å². The Hall–Kier alpha value is -2.21. The van der Waals surface area contributed by atoms with Crippen LogP contribution in [0.15, 0.2) is 18.2 Å². The van der Waals surface area contributed by atoms with Crippen molar-refractivity contribution in [3.8, 4) is 5.75 Å². The predicted octanol–water partition coefficient (Wildman–Crippen LogP) is 2.21. The highest BCUT2D eigenvalue weighted by molar-refractivity contribution is 6.34. The Kier molecular flexibility index (Phi) is 3.62. The lowest BCUT2D eigenvalue weighted by Crippen LogP contribution is -2.14. The predicted molar refractivity (Wildman–Crippen MR) is 73.7 cm³/mol. The van der Waals surface area contributed by atoms with Gasteiger partial charge in [-0.2, -0.15) is 5.10 Å². The number of aromatic amines is 1. The highest BCUT2D eigenvalue weighted by Gasteiger charge is 2.16. The molecule has 2 rings (SSSR count). The van der Waals surface area contributed by atoms with Gasteiger partial charge >= 0.3 is 0 Å². The smallest absolute Gasteiger partial charge is 0.278 e. The molecule has 0 aliphatic rings. The number of ether oxygens (including phenoxy) is 1. The van der Waals surface area contributed by atoms with Gasteiger partial charge in [-0.15, -0.1) is 0 Å². The van der Waals surface area contributed by atoms with Crippen molar-refractivity contribution < 1.29 is 9.53 Å². The molecule has 0 unspecified atom stereocenters. The van der Waals surface area contributed by atoms with Gasteiger partial charge in [0.1, 0.15) is 5.75 Å². The first kappa shape index (κ1) is 13.2. The van der Waals surface area contributed by atoms with Crippen LogP contribution < -0.4 is 15.8 Å². The summed E-state index contributed by atoms with van der Waals surface area (Å²) in [5.41, 5.74) is 7.27. The van der Waals surface area contributed by atoms with Crippen molar-refractivity contribution in [3.63, 3.8) is 0 Å². The van der Waals surface area contributed by atoms with Gasteiger partial charge in [0.25, 0.3) is 5.91 Å². The number of nitrogens with two attached hydrogens (primary N) is 1. The number of nitrogen functional groups attached to an aromatic ring is 1. The third-order valence-corrected chi connectivity index (χ3v) is 2.96. The molecular weight excluding hydrogens is 268 g/mol. The number of halogens is 1. The number of methoxy groups -OCH3 is 1. The second kappa shape index (κ2) is 5.19. The van der Waals surface area contributed by atoms with E-state index in [2.05, 4.69) is 15.5 Å². The molecule has 6 nitrogen and oxygen atoms in total. The molecule has 0 saturated heterocycles. The number of rotatable bonds is 3. The van der Waals surface area contributed by atoms with Crippen LogP contribution in [-0.4, -0.2) is 23.2 Å². The second-order valence-electron chi connectivity index (χ2n) is 3.91. The van der Waals surface area contributed by atoms with Crippen LogP contribution in [0, 0.1) is 6.92 Å². The lowest BCUT2D eigenvalue weighted by atomic mass is 10.2. The Bertz CT molecular complexity index is 624. The van der Waals surface area contributed by atoms with Gasteiger partial charge in [0.05, 0.1) is 29.2 Å². The van der Waals surface area contributed by atoms with E-state index in [1.54, 1.807) is 25.1 Å². The van der Waals surface area contributed by atoms with Crippen molar-refractivity contribution in [3.05, 3.63) is 34.6 Å². The van der Waals surface area contributed by atoms with E-state index >= 15 is 0 Å². The number of aryl methyl sites for hydroxylation is 1. The minimum atomic E-state index is -0.433. The Labute approximate surface area is 114 Å². The number of hydrogen-bond acceptors (Lipinski definition) is 4. The van der Waals surface area contributed by atoms with E-state index in [-0.39, 0.29) is 5.69 Å². The fourth-order valence-corrected chi connectivity index (χ4v) is 1.68. The maximum atomic E-state index is 12.0. The number of anilines is 2. The van der Waals surface area contributed by atoms with Gasteiger partial charge in [0.15, 0.2) is 5.69 Å². The van der Waals surface area contributed by atoms with Crippen molar-refractivity contribution in [2.75, 3.05) is 18.2 Å². The van der Waals surface area contributed by atoms with Crippen LogP contribution in [0.3, 0.4) is 0 Å². The fraction of sp³-hybridized carbons (Fsp3) is 0.167. The molecule has 1 aromatic carbocycles. The Balaban J connectivity index is 2.26. The number of aromatic nitrogens is 2. The first-order valence-electron chi connectivity index (χ1n) is 5.48. The molecule has 19 heavy (non-hydrogen) atoms. The normalized spacial score (nSPS) is 10.3. The summed E-state index contributed by atoms with van der Waals surface area (Å²) in [6.45, 7) is 1.73. The molecule has 0 saturated carbocycles. The van der Waals surface area contributed by atoms with E-state index in [4.69, 9.17) is 22.1 Å². The summed E-state index contributed by atoms with van der Waals surface area (Å²) >= 11 is 6.00. The van der Waals surface area contributed by atoms with Crippen molar-refractivity contribution in [2.24, 2.45) is 0 Å². The number of hydrogen-bond donors (Lipinski definition) is 3. The van der Waals surface area contributed by atoms with E-state index in [9.17, 15) is 4.79 Å². The molecule has 1 aromatic heterocycles. The van der Waals surface area contributed by atoms with E-state index in [0.717, 1.165) is 0 Å². The summed E-state index contributed by atoms with van der Waals surface area (Å²) in [4.78, 5) is 12.0. The first-order chi connectivity index (χ1) is 9.02. The Morgan fingerprint density at radius 2 is 2.26 bits per heavy atom. The zero-order valence-electron chi connectivity index (χ0n) is 10.5. The molecule has 0 spiro atoms. The zero-order chi connectivity index (χ0) is 14.0. The molecule has 7 heteroatoms. The van der Waals surface area contributed by atoms with Gasteiger partial charge in [-0.1, -0.05) is 11.6 Å². The van der Waals surface area contributed by atoms with Crippen LogP contribution in [0.1, 0.15) is 16.2 Å². The molecule has 100 valence electrons. The number of nitrogens with zero attached hydrogens (tertiary/aromatic N) is 1. The summed E-state index contributed by atoms with van der Waals surface area (Å²) in [6, 6.07) is 4.95. The number of carbonyl (C=O) groups is 1. The summed E-state index contributed by atoms with van der Waals surface area (Å²) in [6.07, 6.45) is 0. The fourth-order valence-electron chi connectivity index (χ4n) is 1.52. The monoisotopic (exact) mass is 280 g/mol. The molecule has 0 radical (unpaired) electrons. The lowest BCUT2D eigenvalue weighted by molar-refractivity contribution is 0.102. The second-order valence-corrected chi connectivity index (χ2v) is 4.32. The number of benzene rings is 1. The van der Waals surface area contributed by atoms with Gasteiger partial charge in [0, 0.05) is 6.07 Å². The number of carbonyl (C=O) groups excluding carboxylic acids is 1. The topological polar surface area (TPSA) is 93.0 Å². The summed E-state index contributed by atoms with van der Waals surface area (Å²) < 4.78 is 5.07. The van der Waals surface area contributed by atoms with Crippen molar-refractivity contribution in [2.45, 2.75) is 6.92 Å². The third kappa shape index (κ3) is 2.63. The summed E-state index contributed by atoms with van der Waals surface area (Å²) in [7, 11) is 1.53. The molecule has 0 aliphatic carbocycles. The number of amides is 1. The van der Waals surface area contributed by atoms with Crippen molar-refractivity contribution in [1.29, 1.82) is 0 Å². The van der Waals surface area contributed by atoms with Crippen LogP contribution in [0.4, 0.5) is 11.4 Å². The zero-order valence-corrected chi connectivity index (χ0v) is 11.2. The standard InChI is InChI=1S/C12H13ClN4O2/c1-6-10(14)11(17-16-6)12(18)15-9-5-7(19-2)3-4-8(9)13/h3-5H,14H2,1-2H3,(H,15,18)(H,16,17). The molecule has 0 atom stereocenters. The van der Waals surface area contributed by atoms with Gasteiger partial charge in [0.2, 0.25) is 0 Å². The molecule has 2 aromatic rings. The van der Waals surface area contributed by atoms with Crippen LogP contribution in [0.25, 0.3) is 0 Å². The van der Waals surface area contributed by atoms with Gasteiger partial charge in [-0.3, -0.25) is 9.89 Å². The molecule has 0 aliphatic heterocycles. The minimum absolute atomic E-state index is 0.136. The van der Waals surface area contributed by atoms with E-state index in [1.165, 1.54) is 7.11 Å². The average Bonchev–Trinajstić information content (AvgIpc) is 2.73. The molecular formula is C12H13ClN4O2. The van der Waals surface area contributed by atoms with Crippen LogP contribution in [0.5, 0.6) is 5.75 Å². The van der Waals surface area contributed by atoms with E-state index in [1.807, 2.05) is 0 Å². The SMILES string of the molecule is COc1ccc(Cl)c(NC(=O)c2n[nH]c(C)c2N)c1. The van der Waals surface area contributed by atoms with Gasteiger partial charge in [-0.25, -0.2) is 0 Å². The molecule has 4 N–H and O–H groups in total. The average molecular weight is 281 g/mol. The summed E-state index contributed by atoms with van der Waals surface area (Å²) in [5.74, 6) is 0.155. The molecule has 0 fully saturated rings. The number of H-pyrrole nitrogens is 1. The molecule has 0 bridgehead atoms. The third-order valence-electron chi connectivity index (χ3n) is 2.63. The first-order valence-corrected chi connectivity index (χ1v) is 5.86. The Morgan fingerprint density at radius 1 is 1.53 bits per heavy atom. The van der Waals surface area contributed by atoms with Crippen LogP contribution >= 0.6 is 11.6 Å². The van der Waals surface area contributed by atoms with E-state index in [0.29, 0.717) is 27.8 Å².